The summed E-state index contributed by atoms with van der Waals surface area (Å²) in [6.07, 6.45) is -7.91. The maximum atomic E-state index is 14.1. The Morgan fingerprint density at radius 1 is 0.684 bits per heavy atom. The van der Waals surface area contributed by atoms with Crippen molar-refractivity contribution >= 4 is 15.9 Å². The number of likely N-dealkylation sites (N-methyl/N-ethyl adjacent to an activating group) is 1. The maximum absolute atomic E-state index is 14.1. The summed E-state index contributed by atoms with van der Waals surface area (Å²) in [4.78, 5) is 11.4. The molecule has 1 amide bonds. The highest BCUT2D eigenvalue weighted by Crippen LogP contribution is 2.64. The quantitative estimate of drug-likeness (QED) is 0.305. The van der Waals surface area contributed by atoms with Crippen molar-refractivity contribution in [2.75, 3.05) is 26.2 Å². The summed E-state index contributed by atoms with van der Waals surface area (Å²) in [5.41, 5.74) is 4.91. The van der Waals surface area contributed by atoms with Gasteiger partial charge >= 0.3 is 47.0 Å². The van der Waals surface area contributed by atoms with Gasteiger partial charge in [-0.15, -0.1) is 0 Å². The highest BCUT2D eigenvalue weighted by atomic mass is 32.2. The normalized spacial score (nSPS) is 15.7. The number of nitrogens with one attached hydrogen (secondary N) is 1. The molecule has 24 heteroatoms. The second-order valence-corrected chi connectivity index (χ2v) is 9.01. The number of carbonyl (C=O) groups is 1. The van der Waals surface area contributed by atoms with Gasteiger partial charge in [0.15, 0.2) is 0 Å². The molecule has 0 aromatic heterocycles. The minimum absolute atomic E-state index is 0.396. The monoisotopic (exact) mass is 627 g/mol. The highest BCUT2D eigenvalue weighted by molar-refractivity contribution is 7.90. The van der Waals surface area contributed by atoms with E-state index in [0.717, 1.165) is 0 Å². The van der Waals surface area contributed by atoms with Crippen LogP contribution in [-0.4, -0.2) is 91.8 Å². The predicted molar refractivity (Wildman–Crippen MR) is 88.9 cm³/mol. The lowest BCUT2D eigenvalue weighted by Crippen LogP contribution is -2.75. The van der Waals surface area contributed by atoms with E-state index in [1.54, 1.807) is 5.32 Å². The number of nitrogens with zero attached hydrogens (tertiary/aromatic N) is 1. The van der Waals surface area contributed by atoms with Gasteiger partial charge in [-0.25, -0.2) is 8.42 Å². The summed E-state index contributed by atoms with van der Waals surface area (Å²) >= 11 is 0. The smallest absolute Gasteiger partial charge is 0.354 e. The van der Waals surface area contributed by atoms with E-state index in [0.29, 0.717) is 6.92 Å². The number of sulfonamides is 1. The Kier molecular flexibility index (Phi) is 9.78. The molecule has 0 aliphatic rings. The van der Waals surface area contributed by atoms with Crippen LogP contribution in [-0.2, 0) is 14.8 Å². The van der Waals surface area contributed by atoms with E-state index in [-0.39, 0.29) is 0 Å². The number of hydrogen-bond acceptors (Lipinski definition) is 4. The van der Waals surface area contributed by atoms with Crippen molar-refractivity contribution in [3.63, 3.8) is 0 Å². The third kappa shape index (κ3) is 5.06. The molecule has 0 aliphatic carbocycles. The predicted octanol–water partition coefficient (Wildman–Crippen LogP) is 3.68. The molecule has 0 saturated heterocycles. The molecular weight excluding hydrogens is 613 g/mol. The van der Waals surface area contributed by atoms with Gasteiger partial charge in [-0.1, -0.05) is 6.92 Å². The summed E-state index contributed by atoms with van der Waals surface area (Å²) in [5.74, 6) is -53.7. The van der Waals surface area contributed by atoms with Gasteiger partial charge in [0, 0.05) is 19.6 Å². The van der Waals surface area contributed by atoms with Crippen molar-refractivity contribution in [1.29, 1.82) is 0 Å². The van der Waals surface area contributed by atoms with Crippen molar-refractivity contribution < 1.29 is 87.8 Å². The van der Waals surface area contributed by atoms with Crippen LogP contribution in [0.5, 0.6) is 0 Å². The zero-order chi connectivity index (χ0) is 31.2. The van der Waals surface area contributed by atoms with Gasteiger partial charge in [-0.05, 0) is 0 Å². The molecule has 0 aliphatic heterocycles. The Morgan fingerprint density at radius 3 is 1.34 bits per heavy atom. The summed E-state index contributed by atoms with van der Waals surface area (Å²) in [6.45, 7) is -3.93. The molecule has 0 unspecified atom stereocenters. The highest BCUT2D eigenvalue weighted by Gasteiger charge is 2.96. The number of amides is 1. The molecule has 0 radical (unpaired) electrons. The van der Waals surface area contributed by atoms with Crippen LogP contribution in [0.2, 0.25) is 0 Å². The van der Waals surface area contributed by atoms with Crippen LogP contribution in [0.4, 0.5) is 74.6 Å². The van der Waals surface area contributed by atoms with Crippen LogP contribution < -0.4 is 11.1 Å². The van der Waals surface area contributed by atoms with Gasteiger partial charge in [0.25, 0.3) is 10.0 Å². The first kappa shape index (κ1) is 36.1. The van der Waals surface area contributed by atoms with Crippen molar-refractivity contribution in [1.82, 2.24) is 9.62 Å². The topological polar surface area (TPSA) is 92.5 Å². The first-order chi connectivity index (χ1) is 16.4. The number of hydrogen-bond donors (Lipinski definition) is 2. The third-order valence-electron chi connectivity index (χ3n) is 4.50. The summed E-state index contributed by atoms with van der Waals surface area (Å²) < 4.78 is 249. The maximum Gasteiger partial charge on any atom is 0.460 e. The zero-order valence-corrected chi connectivity index (χ0v) is 18.7. The van der Waals surface area contributed by atoms with Crippen LogP contribution in [0, 0.1) is 0 Å². The summed E-state index contributed by atoms with van der Waals surface area (Å²) in [5, 5.41) is -6.05. The van der Waals surface area contributed by atoms with Crippen LogP contribution >= 0.6 is 0 Å². The van der Waals surface area contributed by atoms with Gasteiger partial charge in [0.05, 0.1) is 6.54 Å². The molecule has 0 aromatic carbocycles. The lowest BCUT2D eigenvalue weighted by molar-refractivity contribution is -0.458. The Labute approximate surface area is 200 Å². The van der Waals surface area contributed by atoms with Crippen molar-refractivity contribution in [2.24, 2.45) is 5.73 Å². The van der Waals surface area contributed by atoms with E-state index in [1.807, 2.05) is 0 Å². The first-order valence-corrected chi connectivity index (χ1v) is 10.5. The number of rotatable bonds is 13. The standard InChI is InChI=1S/C14H14F17N3O3S/c1-2-34(5-6(35)33-4-3-32)38(36,37)14(30,31)12(25,26)10(21,22)8(17,18)7(15,16)9(19,20)11(23,24)13(27,28)29/h2-5,32H2,1H3,(H,33,35). The number of carbonyl (C=O) groups excluding carboxylic acids is 1. The summed E-state index contributed by atoms with van der Waals surface area (Å²) in [6, 6.07) is 0. The van der Waals surface area contributed by atoms with E-state index in [2.05, 4.69) is 0 Å². The van der Waals surface area contributed by atoms with Gasteiger partial charge < -0.3 is 11.1 Å². The molecule has 3 N–H and O–H groups in total. The number of alkyl halides is 17. The van der Waals surface area contributed by atoms with Crippen LogP contribution in [0.15, 0.2) is 0 Å². The molecule has 0 atom stereocenters. The second kappa shape index (κ2) is 10.3. The Balaban J connectivity index is 6.89. The average molecular weight is 627 g/mol. The largest absolute Gasteiger partial charge is 0.460 e. The molecule has 228 valence electrons. The molecular formula is C14H14F17N3O3S. The number of nitrogens with two attached hydrogens (primary N) is 1. The molecule has 0 bridgehead atoms. The number of halogens is 17. The molecule has 0 spiro atoms. The second-order valence-electron chi connectivity index (χ2n) is 7.03. The minimum Gasteiger partial charge on any atom is -0.354 e. The van der Waals surface area contributed by atoms with Gasteiger partial charge in [0.1, 0.15) is 0 Å². The Bertz CT molecular complexity index is 965. The molecule has 0 saturated carbocycles. The van der Waals surface area contributed by atoms with Crippen molar-refractivity contribution in [3.8, 4) is 0 Å². The lowest BCUT2D eigenvalue weighted by Gasteiger charge is -2.42. The van der Waals surface area contributed by atoms with Gasteiger partial charge in [-0.2, -0.15) is 78.9 Å². The van der Waals surface area contributed by atoms with E-state index in [1.165, 1.54) is 0 Å². The van der Waals surface area contributed by atoms with Crippen molar-refractivity contribution in [3.05, 3.63) is 0 Å². The van der Waals surface area contributed by atoms with E-state index >= 15 is 0 Å². The zero-order valence-electron chi connectivity index (χ0n) is 17.9. The molecule has 0 aromatic rings. The fourth-order valence-corrected chi connectivity index (χ4v) is 3.67. The molecule has 6 nitrogen and oxygen atoms in total. The third-order valence-corrected chi connectivity index (χ3v) is 6.47. The Hall–Kier alpha value is -1.85. The minimum atomic E-state index is -8.92. The van der Waals surface area contributed by atoms with Crippen molar-refractivity contribution in [2.45, 2.75) is 53.9 Å². The molecule has 38 heavy (non-hydrogen) atoms. The molecule has 0 heterocycles. The Morgan fingerprint density at radius 2 is 1.03 bits per heavy atom. The van der Waals surface area contributed by atoms with Gasteiger partial charge in [-0.3, -0.25) is 4.79 Å². The fourth-order valence-electron chi connectivity index (χ4n) is 2.27. The SMILES string of the molecule is CCN(CC(=O)NCCN)S(=O)(=O)C(F)(F)C(F)(F)C(F)(F)C(F)(F)C(F)(F)C(F)(F)C(F)(F)C(F)(F)F. The molecule has 0 fully saturated rings. The first-order valence-electron chi connectivity index (χ1n) is 9.09. The molecule has 0 rings (SSSR count). The van der Waals surface area contributed by atoms with Crippen LogP contribution in [0.1, 0.15) is 6.92 Å². The van der Waals surface area contributed by atoms with Crippen LogP contribution in [0.3, 0.4) is 0 Å². The van der Waals surface area contributed by atoms with Gasteiger partial charge in [0.2, 0.25) is 5.91 Å². The summed E-state index contributed by atoms with van der Waals surface area (Å²) in [7, 11) is -7.52. The average Bonchev–Trinajstić information content (AvgIpc) is 2.73. The fraction of sp³-hybridized carbons (Fsp3) is 0.929. The van der Waals surface area contributed by atoms with E-state index < -0.39 is 93.4 Å². The lowest BCUT2D eigenvalue weighted by atomic mass is 9.91. The van der Waals surface area contributed by atoms with E-state index in [9.17, 15) is 87.8 Å². The van der Waals surface area contributed by atoms with Crippen LogP contribution in [0.25, 0.3) is 0 Å². The van der Waals surface area contributed by atoms with E-state index in [4.69, 9.17) is 5.73 Å².